The Kier molecular flexibility index (Phi) is 4.46. The van der Waals surface area contributed by atoms with E-state index in [0.717, 1.165) is 0 Å². The zero-order chi connectivity index (χ0) is 13.9. The van der Waals surface area contributed by atoms with E-state index in [0.29, 0.717) is 5.56 Å². The predicted molar refractivity (Wildman–Crippen MR) is 66.3 cm³/mol. The van der Waals surface area contributed by atoms with Crippen LogP contribution in [0.25, 0.3) is 0 Å². The Morgan fingerprint density at radius 2 is 2.06 bits per heavy atom. The van der Waals surface area contributed by atoms with Gasteiger partial charge in [-0.1, -0.05) is 26.0 Å². The first-order valence-corrected chi connectivity index (χ1v) is 5.87. The number of carbonyl (C=O) groups is 1. The third kappa shape index (κ3) is 2.88. The molecule has 3 nitrogen and oxygen atoms in total. The van der Waals surface area contributed by atoms with Crippen molar-refractivity contribution in [3.63, 3.8) is 0 Å². The van der Waals surface area contributed by atoms with Crippen molar-refractivity contribution in [3.05, 3.63) is 35.6 Å². The predicted octanol–water partition coefficient (Wildman–Crippen LogP) is 2.48. The second-order valence-corrected chi connectivity index (χ2v) is 4.90. The number of benzene rings is 1. The third-order valence-electron chi connectivity index (χ3n) is 3.14. The fourth-order valence-electron chi connectivity index (χ4n) is 2.26. The van der Waals surface area contributed by atoms with Crippen molar-refractivity contribution in [1.82, 2.24) is 0 Å². The number of esters is 1. The molecule has 0 heterocycles. The van der Waals surface area contributed by atoms with Gasteiger partial charge in [-0.05, 0) is 30.5 Å². The first kappa shape index (κ1) is 14.6. The molecule has 0 bridgehead atoms. The summed E-state index contributed by atoms with van der Waals surface area (Å²) in [4.78, 5) is 11.8. The topological polar surface area (TPSA) is 46.5 Å². The molecule has 18 heavy (non-hydrogen) atoms. The minimum absolute atomic E-state index is 0.129. The number of halogens is 1. The molecule has 0 aliphatic carbocycles. The number of ether oxygens (including phenoxy) is 1. The van der Waals surface area contributed by atoms with Gasteiger partial charge in [-0.2, -0.15) is 0 Å². The van der Waals surface area contributed by atoms with Crippen LogP contribution in [0.15, 0.2) is 24.3 Å². The quantitative estimate of drug-likeness (QED) is 0.840. The van der Waals surface area contributed by atoms with Crippen LogP contribution in [-0.4, -0.2) is 18.2 Å². The normalized spacial score (nSPS) is 16.2. The number of carbonyl (C=O) groups excluding carboxylic acids is 1. The molecule has 0 radical (unpaired) electrons. The average molecular weight is 254 g/mol. The van der Waals surface area contributed by atoms with Crippen molar-refractivity contribution in [3.8, 4) is 0 Å². The molecule has 0 aromatic heterocycles. The standard InChI is InChI=1S/C14H19FO3/c1-9(2)12(13(16)18-4)14(3,17)10-6-5-7-11(15)8-10/h5-9,12,17H,1-4H3. The van der Waals surface area contributed by atoms with Crippen LogP contribution in [0.1, 0.15) is 26.3 Å². The summed E-state index contributed by atoms with van der Waals surface area (Å²) in [5, 5.41) is 10.6. The lowest BCUT2D eigenvalue weighted by Gasteiger charge is -2.34. The number of rotatable bonds is 4. The van der Waals surface area contributed by atoms with E-state index in [-0.39, 0.29) is 5.92 Å². The fraction of sp³-hybridized carbons (Fsp3) is 0.500. The molecule has 100 valence electrons. The zero-order valence-corrected chi connectivity index (χ0v) is 11.1. The van der Waals surface area contributed by atoms with Gasteiger partial charge in [0.25, 0.3) is 0 Å². The molecular formula is C14H19FO3. The van der Waals surface area contributed by atoms with Crippen LogP contribution in [-0.2, 0) is 15.1 Å². The Hall–Kier alpha value is -1.42. The van der Waals surface area contributed by atoms with E-state index in [4.69, 9.17) is 4.74 Å². The molecule has 0 aliphatic rings. The molecule has 0 spiro atoms. The minimum atomic E-state index is -1.47. The highest BCUT2D eigenvalue weighted by atomic mass is 19.1. The van der Waals surface area contributed by atoms with Gasteiger partial charge in [-0.3, -0.25) is 4.79 Å². The molecule has 2 unspecified atom stereocenters. The Bertz CT molecular complexity index is 427. The van der Waals surface area contributed by atoms with Crippen molar-refractivity contribution >= 4 is 5.97 Å². The van der Waals surface area contributed by atoms with E-state index >= 15 is 0 Å². The van der Waals surface area contributed by atoms with Crippen LogP contribution in [0.4, 0.5) is 4.39 Å². The molecule has 2 atom stereocenters. The first-order valence-electron chi connectivity index (χ1n) is 5.87. The molecule has 0 fully saturated rings. The zero-order valence-electron chi connectivity index (χ0n) is 11.1. The Morgan fingerprint density at radius 3 is 2.50 bits per heavy atom. The number of methoxy groups -OCH3 is 1. The molecule has 1 aromatic rings. The minimum Gasteiger partial charge on any atom is -0.469 e. The van der Waals surface area contributed by atoms with Crippen LogP contribution in [0.5, 0.6) is 0 Å². The van der Waals surface area contributed by atoms with Crippen LogP contribution < -0.4 is 0 Å². The monoisotopic (exact) mass is 254 g/mol. The van der Waals surface area contributed by atoms with Gasteiger partial charge in [-0.25, -0.2) is 4.39 Å². The molecule has 0 saturated carbocycles. The second-order valence-electron chi connectivity index (χ2n) is 4.90. The van der Waals surface area contributed by atoms with Gasteiger partial charge in [-0.15, -0.1) is 0 Å². The summed E-state index contributed by atoms with van der Waals surface area (Å²) in [6.07, 6.45) is 0. The maximum Gasteiger partial charge on any atom is 0.312 e. The van der Waals surface area contributed by atoms with Gasteiger partial charge in [0.15, 0.2) is 0 Å². The summed E-state index contributed by atoms with van der Waals surface area (Å²) in [5.74, 6) is -1.82. The maximum atomic E-state index is 13.2. The maximum absolute atomic E-state index is 13.2. The summed E-state index contributed by atoms with van der Waals surface area (Å²) in [6, 6.07) is 5.63. The van der Waals surface area contributed by atoms with Crippen molar-refractivity contribution in [2.75, 3.05) is 7.11 Å². The summed E-state index contributed by atoms with van der Waals surface area (Å²) in [5.41, 5.74) is -1.10. The summed E-state index contributed by atoms with van der Waals surface area (Å²) < 4.78 is 17.9. The lowest BCUT2D eigenvalue weighted by molar-refractivity contribution is -0.159. The number of hydrogen-bond donors (Lipinski definition) is 1. The molecule has 0 aliphatic heterocycles. The summed E-state index contributed by atoms with van der Waals surface area (Å²) in [6.45, 7) is 5.13. The molecule has 4 heteroatoms. The highest BCUT2D eigenvalue weighted by molar-refractivity contribution is 5.74. The van der Waals surface area contributed by atoms with Gasteiger partial charge in [0, 0.05) is 0 Å². The molecule has 1 aromatic carbocycles. The van der Waals surface area contributed by atoms with E-state index < -0.39 is 23.3 Å². The van der Waals surface area contributed by atoms with Crippen LogP contribution in [0.3, 0.4) is 0 Å². The van der Waals surface area contributed by atoms with Crippen molar-refractivity contribution in [2.45, 2.75) is 26.4 Å². The van der Waals surface area contributed by atoms with Gasteiger partial charge >= 0.3 is 5.97 Å². The lowest BCUT2D eigenvalue weighted by atomic mass is 9.76. The van der Waals surface area contributed by atoms with E-state index in [2.05, 4.69) is 0 Å². The third-order valence-corrected chi connectivity index (χ3v) is 3.14. The number of aliphatic hydroxyl groups is 1. The largest absolute Gasteiger partial charge is 0.469 e. The average Bonchev–Trinajstić information content (AvgIpc) is 2.28. The van der Waals surface area contributed by atoms with Crippen LogP contribution >= 0.6 is 0 Å². The van der Waals surface area contributed by atoms with Crippen molar-refractivity contribution in [1.29, 1.82) is 0 Å². The van der Waals surface area contributed by atoms with Crippen molar-refractivity contribution in [2.24, 2.45) is 11.8 Å². The molecule has 1 rings (SSSR count). The molecule has 1 N–H and O–H groups in total. The SMILES string of the molecule is COC(=O)C(C(C)C)C(C)(O)c1cccc(F)c1. The highest BCUT2D eigenvalue weighted by Gasteiger charge is 2.41. The number of hydrogen-bond acceptors (Lipinski definition) is 3. The van der Waals surface area contributed by atoms with Gasteiger partial charge in [0.1, 0.15) is 11.4 Å². The fourth-order valence-corrected chi connectivity index (χ4v) is 2.26. The Morgan fingerprint density at radius 1 is 1.44 bits per heavy atom. The van der Waals surface area contributed by atoms with E-state index in [1.54, 1.807) is 6.07 Å². The van der Waals surface area contributed by atoms with E-state index in [1.165, 1.54) is 32.2 Å². The highest BCUT2D eigenvalue weighted by Crippen LogP contribution is 2.35. The van der Waals surface area contributed by atoms with Crippen LogP contribution in [0, 0.1) is 17.7 Å². The summed E-state index contributed by atoms with van der Waals surface area (Å²) >= 11 is 0. The van der Waals surface area contributed by atoms with Gasteiger partial charge < -0.3 is 9.84 Å². The second kappa shape index (κ2) is 5.48. The summed E-state index contributed by atoms with van der Waals surface area (Å²) in [7, 11) is 1.28. The van der Waals surface area contributed by atoms with E-state index in [9.17, 15) is 14.3 Å². The van der Waals surface area contributed by atoms with Crippen LogP contribution in [0.2, 0.25) is 0 Å². The molecule has 0 saturated heterocycles. The first-order chi connectivity index (χ1) is 8.30. The van der Waals surface area contributed by atoms with Gasteiger partial charge in [0.2, 0.25) is 0 Å². The molecule has 0 amide bonds. The lowest BCUT2D eigenvalue weighted by Crippen LogP contribution is -2.41. The van der Waals surface area contributed by atoms with E-state index in [1.807, 2.05) is 13.8 Å². The molecular weight excluding hydrogens is 235 g/mol. The van der Waals surface area contributed by atoms with Gasteiger partial charge in [0.05, 0.1) is 13.0 Å². The Balaban J connectivity index is 3.20. The Labute approximate surface area is 107 Å². The smallest absolute Gasteiger partial charge is 0.312 e. The van der Waals surface area contributed by atoms with Crippen molar-refractivity contribution < 1.29 is 19.0 Å².